The third-order valence-corrected chi connectivity index (χ3v) is 5.66. The highest BCUT2D eigenvalue weighted by atomic mass is 19.4. The summed E-state index contributed by atoms with van der Waals surface area (Å²) in [5.41, 5.74) is 0.401. The molecule has 0 heterocycles. The van der Waals surface area contributed by atoms with Gasteiger partial charge in [-0.15, -0.1) is 0 Å². The van der Waals surface area contributed by atoms with E-state index in [-0.39, 0.29) is 18.2 Å². The lowest BCUT2D eigenvalue weighted by Gasteiger charge is -2.21. The Hall–Kier alpha value is -3.49. The van der Waals surface area contributed by atoms with Crippen LogP contribution in [-0.2, 0) is 21.9 Å². The van der Waals surface area contributed by atoms with E-state index >= 15 is 0 Å². The number of alkyl halides is 6. The first-order chi connectivity index (χ1) is 17.3. The van der Waals surface area contributed by atoms with Crippen LogP contribution in [0.1, 0.15) is 49.8 Å². The molecule has 9 heteroatoms. The Morgan fingerprint density at radius 2 is 1.46 bits per heavy atom. The Labute approximate surface area is 211 Å². The number of nitrogens with one attached hydrogen (secondary N) is 1. The average Bonchev–Trinajstić information content (AvgIpc) is 2.81. The normalized spacial score (nSPS) is 12.9. The Morgan fingerprint density at radius 3 is 2.03 bits per heavy atom. The molecule has 0 aliphatic rings. The maximum absolute atomic E-state index is 13.2. The van der Waals surface area contributed by atoms with Crippen molar-refractivity contribution in [2.45, 2.75) is 45.5 Å². The third kappa shape index (κ3) is 7.50. The Bertz CT molecular complexity index is 1220. The largest absolute Gasteiger partial charge is 0.466 e. The van der Waals surface area contributed by atoms with Gasteiger partial charge >= 0.3 is 18.3 Å². The van der Waals surface area contributed by atoms with Gasteiger partial charge < -0.3 is 10.1 Å². The van der Waals surface area contributed by atoms with Crippen LogP contribution in [0, 0.1) is 5.92 Å². The van der Waals surface area contributed by atoms with Crippen LogP contribution in [0.5, 0.6) is 0 Å². The number of benzene rings is 3. The standard InChI is InChI=1S/C28H27F6NO2/c1-4-37-26(36)25(12-17(2)3)20-13-19(18-8-10-21(11-9-18)27(29,30)31)14-24(15-20)35-23-7-5-6-22(16-23)28(32,33)34/h5-11,13-17,25,35H,4,12H2,1-3H3. The summed E-state index contributed by atoms with van der Waals surface area (Å²) in [6, 6.07) is 14.2. The van der Waals surface area contributed by atoms with Crippen LogP contribution in [0.3, 0.4) is 0 Å². The fourth-order valence-electron chi connectivity index (χ4n) is 3.97. The van der Waals surface area contributed by atoms with Gasteiger partial charge in [0.15, 0.2) is 0 Å². The Morgan fingerprint density at radius 1 is 0.811 bits per heavy atom. The second kappa shape index (κ2) is 11.3. The average molecular weight is 524 g/mol. The van der Waals surface area contributed by atoms with Gasteiger partial charge in [-0.3, -0.25) is 4.79 Å². The van der Waals surface area contributed by atoms with Gasteiger partial charge in [0.05, 0.1) is 23.7 Å². The van der Waals surface area contributed by atoms with E-state index in [1.807, 2.05) is 13.8 Å². The van der Waals surface area contributed by atoms with Crippen molar-refractivity contribution in [3.8, 4) is 11.1 Å². The zero-order chi connectivity index (χ0) is 27.4. The first-order valence-electron chi connectivity index (χ1n) is 11.7. The molecule has 0 spiro atoms. The summed E-state index contributed by atoms with van der Waals surface area (Å²) in [7, 11) is 0. The SMILES string of the molecule is CCOC(=O)C(CC(C)C)c1cc(Nc2cccc(C(F)(F)F)c2)cc(-c2ccc(C(F)(F)F)cc2)c1. The summed E-state index contributed by atoms with van der Waals surface area (Å²) in [6.45, 7) is 5.73. The third-order valence-electron chi connectivity index (χ3n) is 5.66. The Kier molecular flexibility index (Phi) is 8.56. The van der Waals surface area contributed by atoms with Crippen LogP contribution in [0.2, 0.25) is 0 Å². The second-order valence-corrected chi connectivity index (χ2v) is 9.06. The second-order valence-electron chi connectivity index (χ2n) is 9.06. The molecule has 1 atom stereocenters. The zero-order valence-electron chi connectivity index (χ0n) is 20.5. The van der Waals surface area contributed by atoms with Gasteiger partial charge in [0, 0.05) is 11.4 Å². The van der Waals surface area contributed by atoms with Crippen molar-refractivity contribution in [2.75, 3.05) is 11.9 Å². The molecule has 0 aliphatic heterocycles. The molecule has 37 heavy (non-hydrogen) atoms. The lowest BCUT2D eigenvalue weighted by Crippen LogP contribution is -2.18. The van der Waals surface area contributed by atoms with Gasteiger partial charge in [-0.05, 0) is 78.4 Å². The lowest BCUT2D eigenvalue weighted by atomic mass is 9.88. The maximum Gasteiger partial charge on any atom is 0.416 e. The number of rotatable bonds is 8. The van der Waals surface area contributed by atoms with E-state index in [0.717, 1.165) is 24.3 Å². The maximum atomic E-state index is 13.2. The molecule has 0 fully saturated rings. The number of carbonyl (C=O) groups is 1. The number of ether oxygens (including phenoxy) is 1. The minimum Gasteiger partial charge on any atom is -0.466 e. The fraction of sp³-hybridized carbons (Fsp3) is 0.321. The molecule has 3 aromatic carbocycles. The van der Waals surface area contributed by atoms with Crippen molar-refractivity contribution >= 4 is 17.3 Å². The summed E-state index contributed by atoms with van der Waals surface area (Å²) in [4.78, 5) is 12.8. The van der Waals surface area contributed by atoms with Crippen molar-refractivity contribution in [3.05, 3.63) is 83.4 Å². The molecule has 0 aromatic heterocycles. The number of hydrogen-bond donors (Lipinski definition) is 1. The molecule has 0 radical (unpaired) electrons. The van der Waals surface area contributed by atoms with Gasteiger partial charge in [0.1, 0.15) is 0 Å². The van der Waals surface area contributed by atoms with Crippen LogP contribution < -0.4 is 5.32 Å². The minimum absolute atomic E-state index is 0.115. The first-order valence-corrected chi connectivity index (χ1v) is 11.7. The highest BCUT2D eigenvalue weighted by molar-refractivity contribution is 5.81. The van der Waals surface area contributed by atoms with E-state index in [1.54, 1.807) is 25.1 Å². The highest BCUT2D eigenvalue weighted by Crippen LogP contribution is 2.36. The molecule has 0 amide bonds. The fourth-order valence-corrected chi connectivity index (χ4v) is 3.97. The molecule has 3 nitrogen and oxygen atoms in total. The Balaban J connectivity index is 2.11. The van der Waals surface area contributed by atoms with Crippen LogP contribution in [0.25, 0.3) is 11.1 Å². The lowest BCUT2D eigenvalue weighted by molar-refractivity contribution is -0.145. The van der Waals surface area contributed by atoms with Crippen LogP contribution in [-0.4, -0.2) is 12.6 Å². The zero-order valence-corrected chi connectivity index (χ0v) is 20.5. The van der Waals surface area contributed by atoms with E-state index in [9.17, 15) is 31.1 Å². The molecule has 3 rings (SSSR count). The van der Waals surface area contributed by atoms with Crippen molar-refractivity contribution in [3.63, 3.8) is 0 Å². The number of anilines is 2. The molecule has 3 aromatic rings. The van der Waals surface area contributed by atoms with Gasteiger partial charge in [0.2, 0.25) is 0 Å². The van der Waals surface area contributed by atoms with Gasteiger partial charge in [-0.2, -0.15) is 26.3 Å². The van der Waals surface area contributed by atoms with Gasteiger partial charge in [0.25, 0.3) is 0 Å². The molecular weight excluding hydrogens is 496 g/mol. The first kappa shape index (κ1) is 28.1. The van der Waals surface area contributed by atoms with Crippen LogP contribution >= 0.6 is 0 Å². The molecular formula is C28H27F6NO2. The summed E-state index contributed by atoms with van der Waals surface area (Å²) >= 11 is 0. The topological polar surface area (TPSA) is 38.3 Å². The number of hydrogen-bond acceptors (Lipinski definition) is 3. The number of halogens is 6. The van der Waals surface area contributed by atoms with Gasteiger partial charge in [-0.25, -0.2) is 0 Å². The molecule has 198 valence electrons. The monoisotopic (exact) mass is 523 g/mol. The molecule has 1 N–H and O–H groups in total. The van der Waals surface area contributed by atoms with E-state index in [1.165, 1.54) is 24.3 Å². The number of esters is 1. The smallest absolute Gasteiger partial charge is 0.416 e. The quantitative estimate of drug-likeness (QED) is 0.237. The van der Waals surface area contributed by atoms with E-state index in [4.69, 9.17) is 4.74 Å². The summed E-state index contributed by atoms with van der Waals surface area (Å²) < 4.78 is 84.0. The summed E-state index contributed by atoms with van der Waals surface area (Å²) in [5.74, 6) is -1.01. The van der Waals surface area contributed by atoms with Crippen molar-refractivity contribution < 1.29 is 35.9 Å². The van der Waals surface area contributed by atoms with E-state index < -0.39 is 35.4 Å². The summed E-state index contributed by atoms with van der Waals surface area (Å²) in [5, 5.41) is 2.95. The van der Waals surface area contributed by atoms with E-state index in [2.05, 4.69) is 5.32 Å². The van der Waals surface area contributed by atoms with Gasteiger partial charge in [-0.1, -0.05) is 38.1 Å². The predicted molar refractivity (Wildman–Crippen MR) is 130 cm³/mol. The predicted octanol–water partition coefficient (Wildman–Crippen LogP) is 8.83. The molecule has 0 aliphatic carbocycles. The highest BCUT2D eigenvalue weighted by Gasteiger charge is 2.31. The van der Waals surface area contributed by atoms with Crippen molar-refractivity contribution in [1.29, 1.82) is 0 Å². The van der Waals surface area contributed by atoms with Crippen LogP contribution in [0.15, 0.2) is 66.7 Å². The molecule has 1 unspecified atom stereocenters. The van der Waals surface area contributed by atoms with Crippen molar-refractivity contribution in [2.24, 2.45) is 5.92 Å². The molecule has 0 bridgehead atoms. The molecule has 0 saturated carbocycles. The minimum atomic E-state index is -4.53. The summed E-state index contributed by atoms with van der Waals surface area (Å²) in [6.07, 6.45) is -8.58. The number of carbonyl (C=O) groups excluding carboxylic acids is 1. The van der Waals surface area contributed by atoms with E-state index in [0.29, 0.717) is 28.8 Å². The van der Waals surface area contributed by atoms with Crippen LogP contribution in [0.4, 0.5) is 37.7 Å². The van der Waals surface area contributed by atoms with Crippen molar-refractivity contribution in [1.82, 2.24) is 0 Å². The molecule has 0 saturated heterocycles.